The number of aromatic nitrogens is 2. The topological polar surface area (TPSA) is 46.9 Å². The molecule has 0 radical (unpaired) electrons. The van der Waals surface area contributed by atoms with Crippen molar-refractivity contribution in [2.75, 3.05) is 6.54 Å². The van der Waals surface area contributed by atoms with Crippen molar-refractivity contribution < 1.29 is 9.18 Å². The predicted molar refractivity (Wildman–Crippen MR) is 70.1 cm³/mol. The fraction of sp³-hybridized carbons (Fsp3) is 0.286. The van der Waals surface area contributed by atoms with Gasteiger partial charge in [0.15, 0.2) is 0 Å². The van der Waals surface area contributed by atoms with E-state index in [1.165, 1.54) is 12.1 Å². The summed E-state index contributed by atoms with van der Waals surface area (Å²) in [4.78, 5) is 11.9. The van der Waals surface area contributed by atoms with Crippen LogP contribution in [0.1, 0.15) is 18.5 Å². The molecule has 0 aliphatic carbocycles. The van der Waals surface area contributed by atoms with E-state index in [-0.39, 0.29) is 17.8 Å². The normalized spacial score (nSPS) is 12.1. The Balaban J connectivity index is 1.79. The van der Waals surface area contributed by atoms with Crippen LogP contribution in [0.25, 0.3) is 0 Å². The fourth-order valence-corrected chi connectivity index (χ4v) is 1.76. The maximum absolute atomic E-state index is 12.7. The second kappa shape index (κ2) is 6.13. The lowest BCUT2D eigenvalue weighted by atomic mass is 10.1. The van der Waals surface area contributed by atoms with E-state index < -0.39 is 0 Å². The molecule has 1 N–H and O–H groups in total. The van der Waals surface area contributed by atoms with Gasteiger partial charge >= 0.3 is 0 Å². The minimum Gasteiger partial charge on any atom is -0.354 e. The van der Waals surface area contributed by atoms with Crippen LogP contribution in [0.4, 0.5) is 4.39 Å². The van der Waals surface area contributed by atoms with Gasteiger partial charge in [-0.05, 0) is 37.1 Å². The zero-order valence-corrected chi connectivity index (χ0v) is 10.7. The van der Waals surface area contributed by atoms with Crippen molar-refractivity contribution in [3.05, 3.63) is 54.1 Å². The Morgan fingerprint density at radius 3 is 2.79 bits per heavy atom. The maximum atomic E-state index is 12.7. The molecule has 1 aromatic carbocycles. The molecule has 1 heterocycles. The molecule has 2 aromatic rings. The highest BCUT2D eigenvalue weighted by molar-refractivity contribution is 5.79. The summed E-state index contributed by atoms with van der Waals surface area (Å²) >= 11 is 0. The van der Waals surface area contributed by atoms with Gasteiger partial charge in [-0.25, -0.2) is 4.39 Å². The van der Waals surface area contributed by atoms with E-state index in [4.69, 9.17) is 0 Å². The van der Waals surface area contributed by atoms with E-state index in [9.17, 15) is 9.18 Å². The summed E-state index contributed by atoms with van der Waals surface area (Å²) < 4.78 is 14.3. The van der Waals surface area contributed by atoms with Crippen molar-refractivity contribution in [3.63, 3.8) is 0 Å². The lowest BCUT2D eigenvalue weighted by molar-refractivity contribution is -0.124. The van der Waals surface area contributed by atoms with Crippen LogP contribution in [0.5, 0.6) is 0 Å². The van der Waals surface area contributed by atoms with Crippen LogP contribution < -0.4 is 5.32 Å². The zero-order valence-electron chi connectivity index (χ0n) is 10.7. The molecule has 100 valence electrons. The molecule has 0 saturated carbocycles. The Hall–Kier alpha value is -2.17. The quantitative estimate of drug-likeness (QED) is 0.894. The molecule has 1 aromatic heterocycles. The van der Waals surface area contributed by atoms with Gasteiger partial charge in [0.25, 0.3) is 0 Å². The first-order valence-electron chi connectivity index (χ1n) is 6.18. The maximum Gasteiger partial charge on any atom is 0.244 e. The molecule has 0 bridgehead atoms. The smallest absolute Gasteiger partial charge is 0.244 e. The molecule has 0 unspecified atom stereocenters. The van der Waals surface area contributed by atoms with Crippen molar-refractivity contribution in [2.24, 2.45) is 0 Å². The standard InChI is InChI=1S/C14H16FN3O/c1-11(18-10-2-8-17-18)14(19)16-9-7-12-3-5-13(15)6-4-12/h2-6,8,10-11H,7,9H2,1H3,(H,16,19)/t11-/m1/s1. The summed E-state index contributed by atoms with van der Waals surface area (Å²) in [5, 5.41) is 6.87. The number of amides is 1. The molecule has 4 nitrogen and oxygen atoms in total. The Morgan fingerprint density at radius 2 is 2.16 bits per heavy atom. The number of hydrogen-bond donors (Lipinski definition) is 1. The van der Waals surface area contributed by atoms with Gasteiger partial charge in [0.2, 0.25) is 5.91 Å². The van der Waals surface area contributed by atoms with Gasteiger partial charge in [0.05, 0.1) is 0 Å². The summed E-state index contributed by atoms with van der Waals surface area (Å²) in [6.07, 6.45) is 4.07. The minimum absolute atomic E-state index is 0.0780. The lowest BCUT2D eigenvalue weighted by Gasteiger charge is -2.12. The molecule has 1 atom stereocenters. The minimum atomic E-state index is -0.330. The SMILES string of the molecule is C[C@H](C(=O)NCCc1ccc(F)cc1)n1cccn1. The molecule has 2 rings (SSSR count). The molecule has 19 heavy (non-hydrogen) atoms. The molecular formula is C14H16FN3O. The van der Waals surface area contributed by atoms with Gasteiger partial charge in [-0.3, -0.25) is 9.48 Å². The van der Waals surface area contributed by atoms with E-state index in [1.807, 2.05) is 0 Å². The van der Waals surface area contributed by atoms with Crippen LogP contribution >= 0.6 is 0 Å². The number of rotatable bonds is 5. The van der Waals surface area contributed by atoms with Gasteiger partial charge < -0.3 is 5.32 Å². The zero-order chi connectivity index (χ0) is 13.7. The average molecular weight is 261 g/mol. The molecule has 5 heteroatoms. The molecule has 0 aliphatic rings. The van der Waals surface area contributed by atoms with Crippen LogP contribution in [0.2, 0.25) is 0 Å². The highest BCUT2D eigenvalue weighted by atomic mass is 19.1. The van der Waals surface area contributed by atoms with Crippen LogP contribution in [0, 0.1) is 5.82 Å². The van der Waals surface area contributed by atoms with Crippen LogP contribution in [0.15, 0.2) is 42.7 Å². The van der Waals surface area contributed by atoms with Gasteiger partial charge in [0.1, 0.15) is 11.9 Å². The molecule has 1 amide bonds. The van der Waals surface area contributed by atoms with Gasteiger partial charge in [0, 0.05) is 18.9 Å². The van der Waals surface area contributed by atoms with Crippen molar-refractivity contribution in [1.29, 1.82) is 0 Å². The van der Waals surface area contributed by atoms with E-state index >= 15 is 0 Å². The fourth-order valence-electron chi connectivity index (χ4n) is 1.76. The average Bonchev–Trinajstić information content (AvgIpc) is 2.94. The predicted octanol–water partition coefficient (Wildman–Crippen LogP) is 1.94. The Labute approximate surface area is 111 Å². The van der Waals surface area contributed by atoms with Crippen molar-refractivity contribution >= 4 is 5.91 Å². The first kappa shape index (κ1) is 13.3. The number of nitrogens with one attached hydrogen (secondary N) is 1. The lowest BCUT2D eigenvalue weighted by Crippen LogP contribution is -2.32. The summed E-state index contributed by atoms with van der Waals surface area (Å²) in [7, 11) is 0. The monoisotopic (exact) mass is 261 g/mol. The molecule has 0 saturated heterocycles. The van der Waals surface area contributed by atoms with Gasteiger partial charge in [-0.15, -0.1) is 0 Å². The third kappa shape index (κ3) is 3.64. The summed E-state index contributed by atoms with van der Waals surface area (Å²) in [5.74, 6) is -0.328. The Kier molecular flexibility index (Phi) is 4.28. The van der Waals surface area contributed by atoms with Gasteiger partial charge in [-0.1, -0.05) is 12.1 Å². The van der Waals surface area contributed by atoms with E-state index in [0.717, 1.165) is 5.56 Å². The number of halogens is 1. The Morgan fingerprint density at radius 1 is 1.42 bits per heavy atom. The van der Waals surface area contributed by atoms with Crippen LogP contribution in [0.3, 0.4) is 0 Å². The van der Waals surface area contributed by atoms with Crippen molar-refractivity contribution in [3.8, 4) is 0 Å². The number of nitrogens with zero attached hydrogens (tertiary/aromatic N) is 2. The van der Waals surface area contributed by atoms with Crippen molar-refractivity contribution in [1.82, 2.24) is 15.1 Å². The third-order valence-corrected chi connectivity index (χ3v) is 2.93. The number of carbonyl (C=O) groups is 1. The third-order valence-electron chi connectivity index (χ3n) is 2.93. The van der Waals surface area contributed by atoms with E-state index in [1.54, 1.807) is 42.2 Å². The highest BCUT2D eigenvalue weighted by Crippen LogP contribution is 2.05. The second-order valence-corrected chi connectivity index (χ2v) is 4.33. The number of hydrogen-bond acceptors (Lipinski definition) is 2. The van der Waals surface area contributed by atoms with E-state index in [2.05, 4.69) is 10.4 Å². The summed E-state index contributed by atoms with van der Waals surface area (Å²) in [5.41, 5.74) is 0.994. The van der Waals surface area contributed by atoms with Crippen molar-refractivity contribution in [2.45, 2.75) is 19.4 Å². The second-order valence-electron chi connectivity index (χ2n) is 4.33. The molecular weight excluding hydrogens is 245 g/mol. The summed E-state index contributed by atoms with van der Waals surface area (Å²) in [6, 6.07) is 7.73. The van der Waals surface area contributed by atoms with Crippen LogP contribution in [-0.2, 0) is 11.2 Å². The molecule has 0 fully saturated rings. The largest absolute Gasteiger partial charge is 0.354 e. The Bertz CT molecular complexity index is 522. The highest BCUT2D eigenvalue weighted by Gasteiger charge is 2.13. The first-order chi connectivity index (χ1) is 9.16. The molecule has 0 aliphatic heterocycles. The summed E-state index contributed by atoms with van der Waals surface area (Å²) in [6.45, 7) is 2.32. The number of benzene rings is 1. The van der Waals surface area contributed by atoms with Crippen LogP contribution in [-0.4, -0.2) is 22.2 Å². The van der Waals surface area contributed by atoms with E-state index in [0.29, 0.717) is 13.0 Å². The number of carbonyl (C=O) groups excluding carboxylic acids is 1. The first-order valence-corrected chi connectivity index (χ1v) is 6.18. The molecule has 0 spiro atoms. The van der Waals surface area contributed by atoms with Gasteiger partial charge in [-0.2, -0.15) is 5.10 Å².